The fourth-order valence-electron chi connectivity index (χ4n) is 1.31. The molecule has 1 heterocycles. The van der Waals surface area contributed by atoms with E-state index in [-0.39, 0.29) is 6.54 Å². The molecule has 1 unspecified atom stereocenters. The molecule has 1 aliphatic rings. The van der Waals surface area contributed by atoms with Crippen molar-refractivity contribution in [2.75, 3.05) is 13.7 Å². The van der Waals surface area contributed by atoms with Gasteiger partial charge in [-0.05, 0) is 13.8 Å². The summed E-state index contributed by atoms with van der Waals surface area (Å²) in [5.74, 6) is -1.21. The van der Waals surface area contributed by atoms with Gasteiger partial charge in [-0.15, -0.1) is 0 Å². The van der Waals surface area contributed by atoms with Gasteiger partial charge in [0.15, 0.2) is 5.60 Å². The molecule has 90 valence electrons. The van der Waals surface area contributed by atoms with Crippen molar-refractivity contribution in [1.82, 2.24) is 4.90 Å². The van der Waals surface area contributed by atoms with Crippen LogP contribution in [0.1, 0.15) is 13.8 Å². The first-order chi connectivity index (χ1) is 7.29. The lowest BCUT2D eigenvalue weighted by Gasteiger charge is -2.16. The van der Waals surface area contributed by atoms with Crippen LogP contribution in [0.3, 0.4) is 0 Å². The van der Waals surface area contributed by atoms with Crippen molar-refractivity contribution >= 4 is 18.0 Å². The first kappa shape index (κ1) is 12.4. The third-order valence-electron chi connectivity index (χ3n) is 2.21. The number of rotatable bonds is 3. The van der Waals surface area contributed by atoms with Gasteiger partial charge in [0.25, 0.3) is 5.91 Å². The molecule has 7 nitrogen and oxygen atoms in total. The van der Waals surface area contributed by atoms with Crippen molar-refractivity contribution in [2.45, 2.75) is 25.5 Å². The Kier molecular flexibility index (Phi) is 3.18. The molecular weight excluding hydrogens is 216 g/mol. The molecule has 0 aromatic rings. The van der Waals surface area contributed by atoms with Crippen molar-refractivity contribution in [3.05, 3.63) is 0 Å². The summed E-state index contributed by atoms with van der Waals surface area (Å²) in [6.07, 6.45) is -0.797. The monoisotopic (exact) mass is 230 g/mol. The Morgan fingerprint density at radius 2 is 2.12 bits per heavy atom. The normalized spacial score (nSPS) is 20.6. The number of nitrogens with two attached hydrogens (primary N) is 1. The Hall–Kier alpha value is -1.63. The molecule has 0 saturated carbocycles. The van der Waals surface area contributed by atoms with Gasteiger partial charge in [0, 0.05) is 0 Å². The number of carbonyl (C=O) groups is 3. The molecule has 2 N–H and O–H groups in total. The maximum absolute atomic E-state index is 11.7. The summed E-state index contributed by atoms with van der Waals surface area (Å²) in [7, 11) is 1.18. The topological polar surface area (TPSA) is 98.9 Å². The Bertz CT molecular complexity index is 339. The van der Waals surface area contributed by atoms with Gasteiger partial charge in [0.05, 0.1) is 13.7 Å². The average Bonchev–Trinajstić information content (AvgIpc) is 2.39. The minimum absolute atomic E-state index is 0.242. The predicted octanol–water partition coefficient (Wildman–Crippen LogP) is -0.756. The highest BCUT2D eigenvalue weighted by Gasteiger charge is 2.47. The van der Waals surface area contributed by atoms with Crippen LogP contribution in [0.25, 0.3) is 0 Å². The van der Waals surface area contributed by atoms with Crippen LogP contribution in [0.15, 0.2) is 0 Å². The van der Waals surface area contributed by atoms with Crippen LogP contribution in [0.2, 0.25) is 0 Å². The minimum Gasteiger partial charge on any atom is -0.468 e. The number of hydrogen-bond acceptors (Lipinski definition) is 6. The third kappa shape index (κ3) is 2.13. The number of amides is 2. The summed E-state index contributed by atoms with van der Waals surface area (Å²) in [4.78, 5) is 34.8. The molecule has 7 heteroatoms. The molecule has 0 radical (unpaired) electrons. The number of imide groups is 1. The van der Waals surface area contributed by atoms with E-state index >= 15 is 0 Å². The van der Waals surface area contributed by atoms with Crippen LogP contribution in [0.5, 0.6) is 0 Å². The fraction of sp³-hybridized carbons (Fsp3) is 0.667. The minimum atomic E-state index is -1.20. The van der Waals surface area contributed by atoms with Crippen molar-refractivity contribution in [1.29, 1.82) is 0 Å². The van der Waals surface area contributed by atoms with Crippen molar-refractivity contribution in [3.63, 3.8) is 0 Å². The van der Waals surface area contributed by atoms with Gasteiger partial charge in [-0.25, -0.2) is 9.69 Å². The molecule has 0 aromatic carbocycles. The van der Waals surface area contributed by atoms with Crippen LogP contribution in [0, 0.1) is 0 Å². The number of methoxy groups -OCH3 is 1. The van der Waals surface area contributed by atoms with E-state index in [1.165, 1.54) is 21.0 Å². The molecule has 0 aromatic heterocycles. The Morgan fingerprint density at radius 1 is 1.56 bits per heavy atom. The van der Waals surface area contributed by atoms with Crippen molar-refractivity contribution in [2.24, 2.45) is 5.73 Å². The lowest BCUT2D eigenvalue weighted by molar-refractivity contribution is -0.143. The molecule has 2 amide bonds. The van der Waals surface area contributed by atoms with E-state index in [0.717, 1.165) is 4.90 Å². The average molecular weight is 230 g/mol. The molecule has 1 aliphatic heterocycles. The zero-order chi connectivity index (χ0) is 12.5. The zero-order valence-corrected chi connectivity index (χ0v) is 9.35. The van der Waals surface area contributed by atoms with E-state index in [9.17, 15) is 14.4 Å². The number of cyclic esters (lactones) is 1. The van der Waals surface area contributed by atoms with Gasteiger partial charge >= 0.3 is 12.1 Å². The third-order valence-corrected chi connectivity index (χ3v) is 2.21. The summed E-state index contributed by atoms with van der Waals surface area (Å²) in [6, 6.07) is -1.06. The van der Waals surface area contributed by atoms with Crippen LogP contribution < -0.4 is 5.73 Å². The summed E-state index contributed by atoms with van der Waals surface area (Å²) >= 11 is 0. The van der Waals surface area contributed by atoms with E-state index in [1.54, 1.807) is 0 Å². The molecule has 16 heavy (non-hydrogen) atoms. The quantitative estimate of drug-likeness (QED) is 0.640. The van der Waals surface area contributed by atoms with E-state index in [1.807, 2.05) is 0 Å². The summed E-state index contributed by atoms with van der Waals surface area (Å²) in [6.45, 7) is 2.70. The molecule has 0 spiro atoms. The predicted molar refractivity (Wildman–Crippen MR) is 52.3 cm³/mol. The van der Waals surface area contributed by atoms with Crippen LogP contribution >= 0.6 is 0 Å². The van der Waals surface area contributed by atoms with E-state index in [0.29, 0.717) is 0 Å². The highest BCUT2D eigenvalue weighted by Crippen LogP contribution is 2.23. The van der Waals surface area contributed by atoms with Gasteiger partial charge < -0.3 is 15.2 Å². The lowest BCUT2D eigenvalue weighted by atomic mass is 10.1. The Morgan fingerprint density at radius 3 is 2.50 bits per heavy atom. The summed E-state index contributed by atoms with van der Waals surface area (Å²) in [5.41, 5.74) is 4.24. The van der Waals surface area contributed by atoms with Gasteiger partial charge in [-0.1, -0.05) is 0 Å². The summed E-state index contributed by atoms with van der Waals surface area (Å²) < 4.78 is 9.21. The standard InChI is InChI=1S/C9H14N2O5/c1-9(2)7(13)11(8(14)16-9)4-5(10)6(12)15-3/h5H,4,10H2,1-3H3. The smallest absolute Gasteiger partial charge is 0.417 e. The number of nitrogens with zero attached hydrogens (tertiary/aromatic N) is 1. The van der Waals surface area contributed by atoms with Gasteiger partial charge in [-0.2, -0.15) is 0 Å². The second-order valence-electron chi connectivity index (χ2n) is 3.92. The molecule has 1 fully saturated rings. The highest BCUT2D eigenvalue weighted by molar-refractivity contribution is 6.02. The van der Waals surface area contributed by atoms with Gasteiger partial charge in [-0.3, -0.25) is 9.59 Å². The second-order valence-corrected chi connectivity index (χ2v) is 3.92. The first-order valence-electron chi connectivity index (χ1n) is 4.68. The maximum atomic E-state index is 11.7. The lowest BCUT2D eigenvalue weighted by Crippen LogP contribution is -2.46. The maximum Gasteiger partial charge on any atom is 0.417 e. The molecular formula is C9H14N2O5. The van der Waals surface area contributed by atoms with E-state index in [2.05, 4.69) is 4.74 Å². The molecule has 1 saturated heterocycles. The Balaban J connectivity index is 2.72. The van der Waals surface area contributed by atoms with Crippen LogP contribution in [-0.4, -0.2) is 48.2 Å². The molecule has 1 atom stereocenters. The van der Waals surface area contributed by atoms with Gasteiger partial charge in [0.2, 0.25) is 0 Å². The number of carbonyl (C=O) groups excluding carboxylic acids is 3. The molecule has 0 aliphatic carbocycles. The SMILES string of the molecule is COC(=O)C(N)CN1C(=O)OC(C)(C)C1=O. The Labute approximate surface area is 92.5 Å². The zero-order valence-electron chi connectivity index (χ0n) is 9.35. The number of esters is 1. The highest BCUT2D eigenvalue weighted by atomic mass is 16.6. The van der Waals surface area contributed by atoms with Crippen LogP contribution in [-0.2, 0) is 19.1 Å². The number of ether oxygens (including phenoxy) is 2. The molecule has 1 rings (SSSR count). The fourth-order valence-corrected chi connectivity index (χ4v) is 1.31. The number of hydrogen-bond donors (Lipinski definition) is 1. The molecule has 0 bridgehead atoms. The first-order valence-corrected chi connectivity index (χ1v) is 4.68. The van der Waals surface area contributed by atoms with Crippen molar-refractivity contribution < 1.29 is 23.9 Å². The van der Waals surface area contributed by atoms with E-state index < -0.39 is 29.6 Å². The van der Waals surface area contributed by atoms with Crippen molar-refractivity contribution in [3.8, 4) is 0 Å². The van der Waals surface area contributed by atoms with E-state index in [4.69, 9.17) is 10.5 Å². The van der Waals surface area contributed by atoms with Crippen LogP contribution in [0.4, 0.5) is 4.79 Å². The van der Waals surface area contributed by atoms with Gasteiger partial charge in [0.1, 0.15) is 6.04 Å². The summed E-state index contributed by atoms with van der Waals surface area (Å²) in [5, 5.41) is 0. The second kappa shape index (κ2) is 4.09. The largest absolute Gasteiger partial charge is 0.468 e.